The molecule has 0 radical (unpaired) electrons. The van der Waals surface area contributed by atoms with Gasteiger partial charge in [-0.3, -0.25) is 9.59 Å². The molecule has 0 atom stereocenters. The van der Waals surface area contributed by atoms with E-state index in [4.69, 9.17) is 4.74 Å². The third-order valence-corrected chi connectivity index (χ3v) is 4.43. The Bertz CT molecular complexity index is 835. The maximum Gasteiger partial charge on any atom is 0.262 e. The van der Waals surface area contributed by atoms with Crippen molar-refractivity contribution in [1.82, 2.24) is 0 Å². The van der Waals surface area contributed by atoms with Gasteiger partial charge in [0, 0.05) is 17.3 Å². The molecular weight excluding hydrogens is 340 g/mol. The first-order chi connectivity index (χ1) is 12.8. The standard InChI is InChI=1S/C22H26N2O3/c1-22(2,3)16-6-4-9-19(12-16)27-14-20(25)23-17-7-5-8-18(13-17)24-21(26)15-10-11-15/h4-9,12-13,15H,10-11,14H2,1-3H3,(H,23,25)(H,24,26). The molecule has 0 spiro atoms. The summed E-state index contributed by atoms with van der Waals surface area (Å²) >= 11 is 0. The van der Waals surface area contributed by atoms with Crippen molar-refractivity contribution in [3.63, 3.8) is 0 Å². The van der Waals surface area contributed by atoms with Crippen LogP contribution in [0.4, 0.5) is 11.4 Å². The summed E-state index contributed by atoms with van der Waals surface area (Å²) in [6.07, 6.45) is 1.91. The molecule has 2 N–H and O–H groups in total. The number of benzene rings is 2. The largest absolute Gasteiger partial charge is 0.484 e. The van der Waals surface area contributed by atoms with E-state index in [2.05, 4.69) is 31.4 Å². The minimum absolute atomic E-state index is 0.0208. The molecule has 27 heavy (non-hydrogen) atoms. The second-order valence-corrected chi connectivity index (χ2v) is 7.96. The van der Waals surface area contributed by atoms with Crippen LogP contribution in [0.2, 0.25) is 0 Å². The lowest BCUT2D eigenvalue weighted by Crippen LogP contribution is -2.20. The molecule has 2 aromatic carbocycles. The van der Waals surface area contributed by atoms with Gasteiger partial charge in [0.15, 0.2) is 6.61 Å². The third-order valence-electron chi connectivity index (χ3n) is 4.43. The number of ether oxygens (including phenoxy) is 1. The lowest BCUT2D eigenvalue weighted by atomic mass is 9.87. The Kier molecular flexibility index (Phi) is 5.49. The Morgan fingerprint density at radius 3 is 2.33 bits per heavy atom. The van der Waals surface area contributed by atoms with E-state index in [1.54, 1.807) is 18.2 Å². The molecule has 1 aliphatic carbocycles. The summed E-state index contributed by atoms with van der Waals surface area (Å²) < 4.78 is 5.63. The molecule has 3 rings (SSSR count). The number of carbonyl (C=O) groups is 2. The summed E-state index contributed by atoms with van der Waals surface area (Å²) in [6, 6.07) is 14.9. The molecule has 0 unspecified atom stereocenters. The summed E-state index contributed by atoms with van der Waals surface area (Å²) in [5, 5.41) is 5.67. The molecule has 5 heteroatoms. The maximum atomic E-state index is 12.2. The van der Waals surface area contributed by atoms with Crippen molar-refractivity contribution in [2.45, 2.75) is 39.0 Å². The highest BCUT2D eigenvalue weighted by Crippen LogP contribution is 2.30. The first-order valence-corrected chi connectivity index (χ1v) is 9.25. The van der Waals surface area contributed by atoms with E-state index in [9.17, 15) is 9.59 Å². The zero-order valence-corrected chi connectivity index (χ0v) is 16.0. The van der Waals surface area contributed by atoms with Crippen molar-refractivity contribution >= 4 is 23.2 Å². The molecule has 1 saturated carbocycles. The minimum Gasteiger partial charge on any atom is -0.484 e. The Labute approximate surface area is 160 Å². The first kappa shape index (κ1) is 19.0. The summed E-state index contributed by atoms with van der Waals surface area (Å²) in [5.74, 6) is 0.603. The van der Waals surface area contributed by atoms with Crippen molar-refractivity contribution in [3.05, 3.63) is 54.1 Å². The zero-order valence-electron chi connectivity index (χ0n) is 16.0. The van der Waals surface area contributed by atoms with Crippen LogP contribution in [0.3, 0.4) is 0 Å². The predicted molar refractivity (Wildman–Crippen MR) is 107 cm³/mol. The van der Waals surface area contributed by atoms with Crippen LogP contribution < -0.4 is 15.4 Å². The van der Waals surface area contributed by atoms with E-state index >= 15 is 0 Å². The molecule has 0 heterocycles. The van der Waals surface area contributed by atoms with E-state index in [0.29, 0.717) is 17.1 Å². The fourth-order valence-corrected chi connectivity index (χ4v) is 2.66. The maximum absolute atomic E-state index is 12.2. The minimum atomic E-state index is -0.248. The van der Waals surface area contributed by atoms with Gasteiger partial charge in [0.1, 0.15) is 5.75 Å². The third kappa shape index (κ3) is 5.58. The van der Waals surface area contributed by atoms with Crippen molar-refractivity contribution in [2.24, 2.45) is 5.92 Å². The summed E-state index contributed by atoms with van der Waals surface area (Å²) in [5.41, 5.74) is 2.48. The number of carbonyl (C=O) groups excluding carboxylic acids is 2. The monoisotopic (exact) mass is 366 g/mol. The number of anilines is 2. The van der Waals surface area contributed by atoms with Crippen LogP contribution in [-0.2, 0) is 15.0 Å². The van der Waals surface area contributed by atoms with Gasteiger partial charge >= 0.3 is 0 Å². The highest BCUT2D eigenvalue weighted by atomic mass is 16.5. The Morgan fingerprint density at radius 2 is 1.67 bits per heavy atom. The lowest BCUT2D eigenvalue weighted by Gasteiger charge is -2.19. The van der Waals surface area contributed by atoms with Crippen molar-refractivity contribution in [3.8, 4) is 5.75 Å². The van der Waals surface area contributed by atoms with Crippen LogP contribution in [-0.4, -0.2) is 18.4 Å². The fourth-order valence-electron chi connectivity index (χ4n) is 2.66. The zero-order chi connectivity index (χ0) is 19.4. The summed E-state index contributed by atoms with van der Waals surface area (Å²) in [4.78, 5) is 24.0. The number of nitrogens with one attached hydrogen (secondary N) is 2. The van der Waals surface area contributed by atoms with Crippen molar-refractivity contribution in [1.29, 1.82) is 0 Å². The molecule has 0 saturated heterocycles. The van der Waals surface area contributed by atoms with E-state index in [1.165, 1.54) is 0 Å². The van der Waals surface area contributed by atoms with Gasteiger partial charge in [0.05, 0.1) is 0 Å². The number of hydrogen-bond acceptors (Lipinski definition) is 3. The predicted octanol–water partition coefficient (Wildman–Crippen LogP) is 4.35. The van der Waals surface area contributed by atoms with E-state index in [0.717, 1.165) is 18.4 Å². The van der Waals surface area contributed by atoms with Gasteiger partial charge in [-0.25, -0.2) is 0 Å². The van der Waals surface area contributed by atoms with Gasteiger partial charge in [-0.05, 0) is 54.2 Å². The van der Waals surface area contributed by atoms with Crippen LogP contribution in [0, 0.1) is 5.92 Å². The average Bonchev–Trinajstić information content (AvgIpc) is 3.45. The molecule has 142 valence electrons. The Hall–Kier alpha value is -2.82. The van der Waals surface area contributed by atoms with Gasteiger partial charge in [-0.1, -0.05) is 39.0 Å². The Balaban J connectivity index is 1.54. The van der Waals surface area contributed by atoms with Crippen molar-refractivity contribution < 1.29 is 14.3 Å². The average molecular weight is 366 g/mol. The quantitative estimate of drug-likeness (QED) is 0.799. The first-order valence-electron chi connectivity index (χ1n) is 9.25. The molecule has 5 nitrogen and oxygen atoms in total. The fraction of sp³-hybridized carbons (Fsp3) is 0.364. The smallest absolute Gasteiger partial charge is 0.262 e. The molecule has 0 aromatic heterocycles. The summed E-state index contributed by atoms with van der Waals surface area (Å²) in [7, 11) is 0. The second-order valence-electron chi connectivity index (χ2n) is 7.96. The van der Waals surface area contributed by atoms with Crippen LogP contribution in [0.15, 0.2) is 48.5 Å². The topological polar surface area (TPSA) is 67.4 Å². The van der Waals surface area contributed by atoms with Crippen LogP contribution in [0.5, 0.6) is 5.75 Å². The van der Waals surface area contributed by atoms with Gasteiger partial charge < -0.3 is 15.4 Å². The lowest BCUT2D eigenvalue weighted by molar-refractivity contribution is -0.118. The highest BCUT2D eigenvalue weighted by Gasteiger charge is 2.29. The summed E-state index contributed by atoms with van der Waals surface area (Å²) in [6.45, 7) is 6.32. The number of rotatable bonds is 6. The Morgan fingerprint density at radius 1 is 1.00 bits per heavy atom. The molecule has 0 aliphatic heterocycles. The SMILES string of the molecule is CC(C)(C)c1cccc(OCC(=O)Nc2cccc(NC(=O)C3CC3)c2)c1. The highest BCUT2D eigenvalue weighted by molar-refractivity contribution is 5.96. The van der Waals surface area contributed by atoms with Crippen molar-refractivity contribution in [2.75, 3.05) is 17.2 Å². The number of hydrogen-bond donors (Lipinski definition) is 2. The van der Waals surface area contributed by atoms with Crippen LogP contribution >= 0.6 is 0 Å². The molecular formula is C22H26N2O3. The second kappa shape index (κ2) is 7.82. The van der Waals surface area contributed by atoms with Gasteiger partial charge in [0.25, 0.3) is 5.91 Å². The van der Waals surface area contributed by atoms with E-state index < -0.39 is 0 Å². The number of amides is 2. The van der Waals surface area contributed by atoms with Gasteiger partial charge in [0.2, 0.25) is 5.91 Å². The molecule has 2 amide bonds. The van der Waals surface area contributed by atoms with Crippen LogP contribution in [0.1, 0.15) is 39.2 Å². The van der Waals surface area contributed by atoms with Gasteiger partial charge in [-0.15, -0.1) is 0 Å². The normalized spacial score (nSPS) is 13.7. The molecule has 2 aromatic rings. The van der Waals surface area contributed by atoms with E-state index in [1.807, 2.05) is 30.3 Å². The molecule has 1 aliphatic rings. The van der Waals surface area contributed by atoms with Crippen LogP contribution in [0.25, 0.3) is 0 Å². The van der Waals surface area contributed by atoms with E-state index in [-0.39, 0.29) is 29.8 Å². The molecule has 1 fully saturated rings. The molecule has 0 bridgehead atoms. The van der Waals surface area contributed by atoms with Gasteiger partial charge in [-0.2, -0.15) is 0 Å².